The van der Waals surface area contributed by atoms with Gasteiger partial charge in [-0.05, 0) is 11.6 Å². The molecule has 1 amide bonds. The largest absolute Gasteiger partial charge is 0.340 e. The number of halogens is 1. The molecule has 1 atom stereocenters. The van der Waals surface area contributed by atoms with Gasteiger partial charge in [-0.1, -0.05) is 0 Å². The summed E-state index contributed by atoms with van der Waals surface area (Å²) in [6, 6.07) is -0.202. The second-order valence-corrected chi connectivity index (χ2v) is 4.12. The number of carbonyl (C=O) groups excluding carboxylic acids is 1. The molecule has 3 heterocycles. The summed E-state index contributed by atoms with van der Waals surface area (Å²) in [7, 11) is 0. The lowest BCUT2D eigenvalue weighted by Crippen LogP contribution is -2.59. The van der Waals surface area contributed by atoms with Gasteiger partial charge in [-0.3, -0.25) is 4.79 Å². The maximum Gasteiger partial charge on any atom is 0.248 e. The zero-order valence-corrected chi connectivity index (χ0v) is 9.16. The zero-order chi connectivity index (χ0) is 11.1. The van der Waals surface area contributed by atoms with E-state index < -0.39 is 0 Å². The van der Waals surface area contributed by atoms with Gasteiger partial charge in [-0.2, -0.15) is 4.98 Å². The van der Waals surface area contributed by atoms with Gasteiger partial charge in [-0.15, -0.1) is 0 Å². The van der Waals surface area contributed by atoms with Gasteiger partial charge < -0.3 is 15.5 Å². The van der Waals surface area contributed by atoms with Crippen LogP contribution in [0.1, 0.15) is 0 Å². The van der Waals surface area contributed by atoms with Crippen molar-refractivity contribution in [1.82, 2.24) is 15.3 Å². The van der Waals surface area contributed by atoms with Crippen molar-refractivity contribution >= 4 is 29.0 Å². The minimum atomic E-state index is -0.202. The standard InChI is InChI=1S/C9H10ClN5O/c10-9-12-3-5-7(14-9)15-2-1-11-4-6(15)8(16)13-5/h3,6,11H,1-2,4H2,(H,13,16)/t6-/m1/s1. The van der Waals surface area contributed by atoms with Crippen molar-refractivity contribution in [2.75, 3.05) is 29.9 Å². The Morgan fingerprint density at radius 2 is 2.44 bits per heavy atom. The number of hydrogen-bond acceptors (Lipinski definition) is 5. The SMILES string of the molecule is O=C1Nc2cnc(Cl)nc2N2CCNC[C@H]12. The highest BCUT2D eigenvalue weighted by Gasteiger charge is 2.35. The zero-order valence-electron chi connectivity index (χ0n) is 8.40. The molecule has 6 nitrogen and oxygen atoms in total. The Bertz CT molecular complexity index is 452. The van der Waals surface area contributed by atoms with E-state index in [9.17, 15) is 4.79 Å². The van der Waals surface area contributed by atoms with Crippen LogP contribution in [0.4, 0.5) is 11.5 Å². The number of piperazine rings is 1. The highest BCUT2D eigenvalue weighted by atomic mass is 35.5. The lowest BCUT2D eigenvalue weighted by molar-refractivity contribution is -0.117. The number of fused-ring (bicyclic) bond motifs is 3. The van der Waals surface area contributed by atoms with E-state index in [0.29, 0.717) is 18.1 Å². The average Bonchev–Trinajstić information content (AvgIpc) is 2.31. The first-order chi connectivity index (χ1) is 7.75. The summed E-state index contributed by atoms with van der Waals surface area (Å²) in [4.78, 5) is 21.8. The lowest BCUT2D eigenvalue weighted by atomic mass is 10.1. The molecule has 1 aromatic heterocycles. The molecule has 2 aliphatic heterocycles. The molecule has 7 heteroatoms. The number of nitrogens with zero attached hydrogens (tertiary/aromatic N) is 3. The smallest absolute Gasteiger partial charge is 0.248 e. The van der Waals surface area contributed by atoms with E-state index >= 15 is 0 Å². The van der Waals surface area contributed by atoms with Crippen LogP contribution in [0.2, 0.25) is 5.28 Å². The molecule has 0 aromatic carbocycles. The summed E-state index contributed by atoms with van der Waals surface area (Å²) >= 11 is 5.77. The number of amides is 1. The number of aromatic nitrogens is 2. The number of nitrogens with one attached hydrogen (secondary N) is 2. The maximum atomic E-state index is 11.8. The fraction of sp³-hybridized carbons (Fsp3) is 0.444. The van der Waals surface area contributed by atoms with E-state index in [4.69, 9.17) is 11.6 Å². The predicted octanol–water partition coefficient (Wildman–Crippen LogP) is -0.140. The lowest BCUT2D eigenvalue weighted by Gasteiger charge is -2.39. The van der Waals surface area contributed by atoms with E-state index in [1.165, 1.54) is 0 Å². The monoisotopic (exact) mass is 239 g/mol. The molecule has 0 aliphatic carbocycles. The number of anilines is 2. The highest BCUT2D eigenvalue weighted by Crippen LogP contribution is 2.30. The van der Waals surface area contributed by atoms with Crippen LogP contribution in [-0.2, 0) is 4.79 Å². The molecule has 0 radical (unpaired) electrons. The first kappa shape index (κ1) is 9.80. The van der Waals surface area contributed by atoms with Crippen LogP contribution in [0.5, 0.6) is 0 Å². The van der Waals surface area contributed by atoms with Crippen molar-refractivity contribution in [2.24, 2.45) is 0 Å². The van der Waals surface area contributed by atoms with Gasteiger partial charge in [0.25, 0.3) is 0 Å². The van der Waals surface area contributed by atoms with E-state index in [2.05, 4.69) is 20.6 Å². The van der Waals surface area contributed by atoms with Crippen molar-refractivity contribution < 1.29 is 4.79 Å². The number of carbonyl (C=O) groups is 1. The van der Waals surface area contributed by atoms with E-state index in [-0.39, 0.29) is 17.2 Å². The molecule has 2 N–H and O–H groups in total. The molecule has 1 fully saturated rings. The van der Waals surface area contributed by atoms with Crippen LogP contribution >= 0.6 is 11.6 Å². The van der Waals surface area contributed by atoms with E-state index in [1.54, 1.807) is 6.20 Å². The molecule has 0 saturated carbocycles. The van der Waals surface area contributed by atoms with Gasteiger partial charge in [-0.25, -0.2) is 4.98 Å². The van der Waals surface area contributed by atoms with Crippen LogP contribution in [-0.4, -0.2) is 41.6 Å². The molecule has 0 unspecified atom stereocenters. The molecular formula is C9H10ClN5O. The third-order valence-electron chi connectivity index (χ3n) is 2.82. The third-order valence-corrected chi connectivity index (χ3v) is 3.00. The van der Waals surface area contributed by atoms with Gasteiger partial charge in [0.05, 0.1) is 6.20 Å². The molecule has 1 saturated heterocycles. The van der Waals surface area contributed by atoms with E-state index in [0.717, 1.165) is 13.1 Å². The Kier molecular flexibility index (Phi) is 2.19. The first-order valence-electron chi connectivity index (χ1n) is 5.06. The van der Waals surface area contributed by atoms with Crippen LogP contribution in [0.25, 0.3) is 0 Å². The van der Waals surface area contributed by atoms with Crippen LogP contribution in [0.3, 0.4) is 0 Å². The fourth-order valence-electron chi connectivity index (χ4n) is 2.07. The Labute approximate surface area is 97.0 Å². The Morgan fingerprint density at radius 1 is 1.56 bits per heavy atom. The number of hydrogen-bond donors (Lipinski definition) is 2. The Balaban J connectivity index is 2.07. The molecule has 16 heavy (non-hydrogen) atoms. The summed E-state index contributed by atoms with van der Waals surface area (Å²) in [5.74, 6) is 0.691. The van der Waals surface area contributed by atoms with Gasteiger partial charge in [0.1, 0.15) is 11.7 Å². The van der Waals surface area contributed by atoms with Crippen molar-refractivity contribution in [3.05, 3.63) is 11.5 Å². The minimum absolute atomic E-state index is 0.0226. The Hall–Kier alpha value is -1.40. The summed E-state index contributed by atoms with van der Waals surface area (Å²) < 4.78 is 0. The summed E-state index contributed by atoms with van der Waals surface area (Å²) in [5, 5.41) is 6.16. The van der Waals surface area contributed by atoms with Crippen molar-refractivity contribution in [1.29, 1.82) is 0 Å². The third kappa shape index (κ3) is 1.42. The minimum Gasteiger partial charge on any atom is -0.340 e. The summed E-state index contributed by atoms with van der Waals surface area (Å²) in [6.07, 6.45) is 1.54. The number of rotatable bonds is 0. The maximum absolute atomic E-state index is 11.8. The fourth-order valence-corrected chi connectivity index (χ4v) is 2.20. The van der Waals surface area contributed by atoms with Gasteiger partial charge >= 0.3 is 0 Å². The normalized spacial score (nSPS) is 23.4. The quantitative estimate of drug-likeness (QED) is 0.617. The second kappa shape index (κ2) is 3.57. The molecule has 0 bridgehead atoms. The second-order valence-electron chi connectivity index (χ2n) is 3.78. The van der Waals surface area contributed by atoms with Crippen LogP contribution < -0.4 is 15.5 Å². The molecule has 3 rings (SSSR count). The van der Waals surface area contributed by atoms with Crippen molar-refractivity contribution in [2.45, 2.75) is 6.04 Å². The average molecular weight is 240 g/mol. The van der Waals surface area contributed by atoms with Gasteiger partial charge in [0, 0.05) is 19.6 Å². The first-order valence-corrected chi connectivity index (χ1v) is 5.44. The van der Waals surface area contributed by atoms with Crippen LogP contribution in [0.15, 0.2) is 6.20 Å². The molecule has 84 valence electrons. The molecule has 0 spiro atoms. The molecule has 1 aromatic rings. The summed E-state index contributed by atoms with van der Waals surface area (Å²) in [6.45, 7) is 2.22. The summed E-state index contributed by atoms with van der Waals surface area (Å²) in [5.41, 5.74) is 0.632. The van der Waals surface area contributed by atoms with Crippen molar-refractivity contribution in [3.8, 4) is 0 Å². The predicted molar refractivity (Wildman–Crippen MR) is 59.7 cm³/mol. The van der Waals surface area contributed by atoms with Gasteiger partial charge in [0.2, 0.25) is 11.2 Å². The van der Waals surface area contributed by atoms with Gasteiger partial charge in [0.15, 0.2) is 5.82 Å². The molecular weight excluding hydrogens is 230 g/mol. The van der Waals surface area contributed by atoms with E-state index in [1.807, 2.05) is 4.90 Å². The van der Waals surface area contributed by atoms with Crippen molar-refractivity contribution in [3.63, 3.8) is 0 Å². The Morgan fingerprint density at radius 3 is 3.31 bits per heavy atom. The highest BCUT2D eigenvalue weighted by molar-refractivity contribution is 6.28. The molecule has 2 aliphatic rings. The topological polar surface area (TPSA) is 70.2 Å². The van der Waals surface area contributed by atoms with Crippen LogP contribution in [0, 0.1) is 0 Å².